The number of carbonyl (C=O) groups is 3. The number of carboxylic acids is 1. The highest BCUT2D eigenvalue weighted by Gasteiger charge is 2.44. The van der Waals surface area contributed by atoms with Crippen molar-refractivity contribution in [2.75, 3.05) is 0 Å². The summed E-state index contributed by atoms with van der Waals surface area (Å²) < 4.78 is 0. The third-order valence-corrected chi connectivity index (χ3v) is 4.38. The van der Waals surface area contributed by atoms with Crippen molar-refractivity contribution in [3.05, 3.63) is 47.6 Å². The van der Waals surface area contributed by atoms with Gasteiger partial charge in [0.1, 0.15) is 0 Å². The quantitative estimate of drug-likeness (QED) is 0.471. The molecule has 0 bridgehead atoms. The van der Waals surface area contributed by atoms with Crippen LogP contribution in [0.5, 0.6) is 0 Å². The zero-order valence-electron chi connectivity index (χ0n) is 15.0. The molecule has 4 nitrogen and oxygen atoms in total. The molecule has 24 heavy (non-hydrogen) atoms. The van der Waals surface area contributed by atoms with Crippen LogP contribution in [0.3, 0.4) is 0 Å². The van der Waals surface area contributed by atoms with E-state index in [0.717, 1.165) is 11.6 Å². The van der Waals surface area contributed by atoms with Gasteiger partial charge in [0.2, 0.25) is 5.78 Å². The topological polar surface area (TPSA) is 71.4 Å². The van der Waals surface area contributed by atoms with Crippen molar-refractivity contribution in [2.45, 2.75) is 41.0 Å². The van der Waals surface area contributed by atoms with Crippen molar-refractivity contribution in [2.24, 2.45) is 17.3 Å². The minimum Gasteiger partial charge on any atom is -0.478 e. The molecule has 0 aromatic carbocycles. The predicted octanol–water partition coefficient (Wildman–Crippen LogP) is 3.90. The van der Waals surface area contributed by atoms with Gasteiger partial charge >= 0.3 is 5.97 Å². The second kappa shape index (κ2) is 8.04. The summed E-state index contributed by atoms with van der Waals surface area (Å²) in [6, 6.07) is 0. The number of hydrogen-bond donors (Lipinski definition) is 1. The van der Waals surface area contributed by atoms with Gasteiger partial charge in [-0.1, -0.05) is 56.7 Å². The van der Waals surface area contributed by atoms with E-state index in [4.69, 9.17) is 5.11 Å². The molecule has 2 atom stereocenters. The average molecular weight is 330 g/mol. The van der Waals surface area contributed by atoms with E-state index < -0.39 is 5.97 Å². The Morgan fingerprint density at radius 2 is 1.79 bits per heavy atom. The summed E-state index contributed by atoms with van der Waals surface area (Å²) in [5, 5.41) is 8.65. The zero-order valence-corrected chi connectivity index (χ0v) is 15.0. The summed E-state index contributed by atoms with van der Waals surface area (Å²) in [5.41, 5.74) is 1.40. The molecule has 1 saturated carbocycles. The van der Waals surface area contributed by atoms with E-state index in [1.54, 1.807) is 19.1 Å². The summed E-state index contributed by atoms with van der Waals surface area (Å²) in [4.78, 5) is 34.2. The zero-order chi connectivity index (χ0) is 18.5. The molecule has 4 heteroatoms. The van der Waals surface area contributed by atoms with Gasteiger partial charge in [-0.25, -0.2) is 4.79 Å². The van der Waals surface area contributed by atoms with Crippen LogP contribution in [0, 0.1) is 17.3 Å². The normalized spacial score (nSPS) is 25.7. The number of hydrogen-bond acceptors (Lipinski definition) is 3. The summed E-state index contributed by atoms with van der Waals surface area (Å²) in [7, 11) is 0. The van der Waals surface area contributed by atoms with Crippen LogP contribution in [0.25, 0.3) is 0 Å². The van der Waals surface area contributed by atoms with Crippen LogP contribution >= 0.6 is 0 Å². The van der Waals surface area contributed by atoms with Crippen LogP contribution in [-0.2, 0) is 14.4 Å². The summed E-state index contributed by atoms with van der Waals surface area (Å²) >= 11 is 0. The van der Waals surface area contributed by atoms with Crippen molar-refractivity contribution in [3.8, 4) is 0 Å². The SMILES string of the molecule is CC(C=CC1C(C)C(=O)C(=O)CC1(C)C)=CC=CC(C)=CC(=O)O. The van der Waals surface area contributed by atoms with Gasteiger partial charge in [-0.3, -0.25) is 9.59 Å². The molecule has 0 saturated heterocycles. The molecule has 1 aliphatic carbocycles. The second-order valence-corrected chi connectivity index (χ2v) is 7.12. The van der Waals surface area contributed by atoms with E-state index in [1.807, 2.05) is 45.9 Å². The fourth-order valence-electron chi connectivity index (χ4n) is 3.05. The standard InChI is InChI=1S/C20H26O4/c1-13(7-6-8-14(2)11-18(22)23)9-10-16-15(3)19(24)17(21)12-20(16,4)5/h6-11,15-16H,12H2,1-5H3,(H,22,23). The predicted molar refractivity (Wildman–Crippen MR) is 94.5 cm³/mol. The van der Waals surface area contributed by atoms with Gasteiger partial charge in [0.15, 0.2) is 5.78 Å². The first-order chi connectivity index (χ1) is 11.0. The third-order valence-electron chi connectivity index (χ3n) is 4.38. The highest BCUT2D eigenvalue weighted by Crippen LogP contribution is 2.41. The van der Waals surface area contributed by atoms with Crippen LogP contribution in [0.2, 0.25) is 0 Å². The van der Waals surface area contributed by atoms with Crippen molar-refractivity contribution < 1.29 is 19.5 Å². The Labute approximate surface area is 143 Å². The number of rotatable bonds is 5. The fourth-order valence-corrected chi connectivity index (χ4v) is 3.05. The Morgan fingerprint density at radius 1 is 1.17 bits per heavy atom. The highest BCUT2D eigenvalue weighted by atomic mass is 16.4. The Hall–Kier alpha value is -2.23. The van der Waals surface area contributed by atoms with Crippen LogP contribution in [0.4, 0.5) is 0 Å². The first-order valence-corrected chi connectivity index (χ1v) is 8.06. The Morgan fingerprint density at radius 3 is 2.38 bits per heavy atom. The van der Waals surface area contributed by atoms with E-state index in [0.29, 0.717) is 5.57 Å². The first-order valence-electron chi connectivity index (χ1n) is 8.06. The van der Waals surface area contributed by atoms with E-state index in [9.17, 15) is 14.4 Å². The van der Waals surface area contributed by atoms with Crippen molar-refractivity contribution in [1.29, 1.82) is 0 Å². The van der Waals surface area contributed by atoms with Gasteiger partial charge in [0.05, 0.1) is 0 Å². The van der Waals surface area contributed by atoms with Gasteiger partial charge in [-0.15, -0.1) is 0 Å². The van der Waals surface area contributed by atoms with E-state index in [1.165, 1.54) is 0 Å². The Kier molecular flexibility index (Phi) is 6.64. The lowest BCUT2D eigenvalue weighted by Crippen LogP contribution is -2.43. The van der Waals surface area contributed by atoms with E-state index in [-0.39, 0.29) is 35.2 Å². The summed E-state index contributed by atoms with van der Waals surface area (Å²) in [6.07, 6.45) is 10.8. The highest BCUT2D eigenvalue weighted by molar-refractivity contribution is 6.38. The molecule has 0 radical (unpaired) electrons. The van der Waals surface area contributed by atoms with Gasteiger partial charge < -0.3 is 5.11 Å². The molecule has 0 amide bonds. The maximum Gasteiger partial charge on any atom is 0.328 e. The number of carboxylic acid groups (broad SMARTS) is 1. The number of aliphatic carboxylic acids is 1. The molecule has 0 aromatic rings. The van der Waals surface area contributed by atoms with Gasteiger partial charge in [0.25, 0.3) is 0 Å². The van der Waals surface area contributed by atoms with Gasteiger partial charge in [0, 0.05) is 18.4 Å². The van der Waals surface area contributed by atoms with Crippen LogP contribution in [-0.4, -0.2) is 22.6 Å². The largest absolute Gasteiger partial charge is 0.478 e. The van der Waals surface area contributed by atoms with Crippen LogP contribution in [0.15, 0.2) is 47.6 Å². The molecule has 0 aliphatic heterocycles. The lowest BCUT2D eigenvalue weighted by atomic mass is 9.63. The lowest BCUT2D eigenvalue weighted by Gasteiger charge is -2.39. The molecule has 1 rings (SSSR count). The maximum atomic E-state index is 11.9. The fraction of sp³-hybridized carbons (Fsp3) is 0.450. The number of Topliss-reactive ketones (excluding diaryl/α,β-unsaturated/α-hetero) is 2. The van der Waals surface area contributed by atoms with E-state index >= 15 is 0 Å². The van der Waals surface area contributed by atoms with Crippen LogP contribution < -0.4 is 0 Å². The number of ketones is 2. The third kappa shape index (κ3) is 5.44. The Balaban J connectivity index is 2.85. The monoisotopic (exact) mass is 330 g/mol. The minimum absolute atomic E-state index is 0.0173. The molecule has 0 spiro atoms. The van der Waals surface area contributed by atoms with Crippen molar-refractivity contribution in [1.82, 2.24) is 0 Å². The average Bonchev–Trinajstić information content (AvgIpc) is 2.43. The summed E-state index contributed by atoms with van der Waals surface area (Å²) in [6.45, 7) is 9.50. The molecule has 1 aliphatic rings. The molecule has 0 aromatic heterocycles. The minimum atomic E-state index is -0.967. The second-order valence-electron chi connectivity index (χ2n) is 7.12. The molecule has 2 unspecified atom stereocenters. The maximum absolute atomic E-state index is 11.9. The van der Waals surface area contributed by atoms with Crippen molar-refractivity contribution >= 4 is 17.5 Å². The van der Waals surface area contributed by atoms with Gasteiger partial charge in [-0.2, -0.15) is 0 Å². The molecule has 1 fully saturated rings. The van der Waals surface area contributed by atoms with Crippen molar-refractivity contribution in [3.63, 3.8) is 0 Å². The molecule has 0 heterocycles. The van der Waals surface area contributed by atoms with Crippen LogP contribution in [0.1, 0.15) is 41.0 Å². The number of carbonyl (C=O) groups excluding carboxylic acids is 2. The molecular weight excluding hydrogens is 304 g/mol. The Bertz CT molecular complexity index is 645. The molecule has 1 N–H and O–H groups in total. The first kappa shape index (κ1) is 19.8. The lowest BCUT2D eigenvalue weighted by molar-refractivity contribution is -0.145. The number of allylic oxidation sites excluding steroid dienone is 7. The van der Waals surface area contributed by atoms with Gasteiger partial charge in [-0.05, 0) is 30.8 Å². The summed E-state index contributed by atoms with van der Waals surface area (Å²) in [5.74, 6) is -1.80. The smallest absolute Gasteiger partial charge is 0.328 e. The van der Waals surface area contributed by atoms with E-state index in [2.05, 4.69) is 0 Å². The molecular formula is C20H26O4. The molecule has 130 valence electrons.